The maximum Gasteiger partial charge on any atom is 0.0951 e. The smallest absolute Gasteiger partial charge is 0.0951 e. The summed E-state index contributed by atoms with van der Waals surface area (Å²) in [7, 11) is 2.13. The third kappa shape index (κ3) is 3.20. The SMILES string of the molecule is CN(Cc1ccccc1Br)C(CN)c1cncn1C1CC1. The minimum absolute atomic E-state index is 0.195. The molecule has 0 aliphatic heterocycles. The van der Waals surface area contributed by atoms with Gasteiger partial charge in [0, 0.05) is 29.8 Å². The molecule has 4 nitrogen and oxygen atoms in total. The lowest BCUT2D eigenvalue weighted by molar-refractivity contribution is 0.232. The van der Waals surface area contributed by atoms with Crippen molar-refractivity contribution in [3.05, 3.63) is 52.5 Å². The van der Waals surface area contributed by atoms with Gasteiger partial charge in [-0.3, -0.25) is 4.90 Å². The van der Waals surface area contributed by atoms with Crippen molar-refractivity contribution < 1.29 is 0 Å². The van der Waals surface area contributed by atoms with E-state index in [1.807, 2.05) is 18.6 Å². The predicted octanol–water partition coefficient (Wildman–Crippen LogP) is 3.11. The molecule has 1 aromatic heterocycles. The first kappa shape index (κ1) is 14.8. The Balaban J connectivity index is 1.79. The lowest BCUT2D eigenvalue weighted by Crippen LogP contribution is -2.31. The molecule has 0 radical (unpaired) electrons. The topological polar surface area (TPSA) is 47.1 Å². The average Bonchev–Trinajstić information content (AvgIpc) is 3.22. The van der Waals surface area contributed by atoms with Crippen molar-refractivity contribution in [2.45, 2.75) is 31.5 Å². The van der Waals surface area contributed by atoms with Crippen LogP contribution in [0.1, 0.15) is 36.2 Å². The zero-order valence-corrected chi connectivity index (χ0v) is 13.8. The fraction of sp³-hybridized carbons (Fsp3) is 0.438. The lowest BCUT2D eigenvalue weighted by Gasteiger charge is -2.28. The molecule has 0 bridgehead atoms. The second kappa shape index (κ2) is 6.30. The number of aromatic nitrogens is 2. The molecule has 2 aromatic rings. The summed E-state index contributed by atoms with van der Waals surface area (Å²) in [5.41, 5.74) is 8.56. The van der Waals surface area contributed by atoms with Crippen LogP contribution in [0.25, 0.3) is 0 Å². The van der Waals surface area contributed by atoms with Gasteiger partial charge in [-0.05, 0) is 31.5 Å². The monoisotopic (exact) mass is 348 g/mol. The summed E-state index contributed by atoms with van der Waals surface area (Å²) in [6, 6.07) is 9.16. The van der Waals surface area contributed by atoms with Crippen molar-refractivity contribution in [1.29, 1.82) is 0 Å². The minimum Gasteiger partial charge on any atom is -0.330 e. The number of benzene rings is 1. The van der Waals surface area contributed by atoms with E-state index in [1.165, 1.54) is 24.1 Å². The Morgan fingerprint density at radius 2 is 2.19 bits per heavy atom. The largest absolute Gasteiger partial charge is 0.330 e. The molecule has 1 aliphatic carbocycles. The number of nitrogens with zero attached hydrogens (tertiary/aromatic N) is 3. The summed E-state index contributed by atoms with van der Waals surface area (Å²) in [6.45, 7) is 1.46. The molecule has 0 amide bonds. The molecule has 21 heavy (non-hydrogen) atoms. The third-order valence-corrected chi connectivity index (χ3v) is 4.88. The molecule has 1 aliphatic rings. The molecule has 1 saturated carbocycles. The van der Waals surface area contributed by atoms with Crippen molar-refractivity contribution in [2.75, 3.05) is 13.6 Å². The number of imidazole rings is 1. The summed E-state index contributed by atoms with van der Waals surface area (Å²) in [5.74, 6) is 0. The van der Waals surface area contributed by atoms with E-state index in [4.69, 9.17) is 5.73 Å². The Morgan fingerprint density at radius 1 is 1.43 bits per heavy atom. The van der Waals surface area contributed by atoms with E-state index in [2.05, 4.69) is 55.6 Å². The molecule has 1 heterocycles. The molecular formula is C16H21BrN4. The van der Waals surface area contributed by atoms with Crippen LogP contribution in [0.3, 0.4) is 0 Å². The van der Waals surface area contributed by atoms with Crippen LogP contribution in [0.5, 0.6) is 0 Å². The van der Waals surface area contributed by atoms with Gasteiger partial charge in [-0.15, -0.1) is 0 Å². The number of rotatable bonds is 6. The summed E-state index contributed by atoms with van der Waals surface area (Å²) in [4.78, 5) is 6.63. The Hall–Kier alpha value is -1.17. The Labute approximate surface area is 134 Å². The second-order valence-corrected chi connectivity index (χ2v) is 6.57. The van der Waals surface area contributed by atoms with Crippen molar-refractivity contribution in [1.82, 2.24) is 14.5 Å². The maximum absolute atomic E-state index is 6.05. The van der Waals surface area contributed by atoms with Crippen LogP contribution in [0.4, 0.5) is 0 Å². The molecule has 1 unspecified atom stereocenters. The van der Waals surface area contributed by atoms with Crippen LogP contribution in [-0.2, 0) is 6.54 Å². The highest BCUT2D eigenvalue weighted by Gasteiger charge is 2.29. The van der Waals surface area contributed by atoms with Crippen molar-refractivity contribution in [2.24, 2.45) is 5.73 Å². The van der Waals surface area contributed by atoms with Gasteiger partial charge < -0.3 is 10.3 Å². The third-order valence-electron chi connectivity index (χ3n) is 4.11. The van der Waals surface area contributed by atoms with E-state index in [0.29, 0.717) is 12.6 Å². The normalized spacial score (nSPS) is 16.4. The Bertz CT molecular complexity index is 606. The number of hydrogen-bond acceptors (Lipinski definition) is 3. The minimum atomic E-state index is 0.195. The van der Waals surface area contributed by atoms with Crippen LogP contribution >= 0.6 is 15.9 Å². The fourth-order valence-electron chi connectivity index (χ4n) is 2.76. The van der Waals surface area contributed by atoms with E-state index in [9.17, 15) is 0 Å². The van der Waals surface area contributed by atoms with Crippen LogP contribution < -0.4 is 5.73 Å². The van der Waals surface area contributed by atoms with Crippen molar-refractivity contribution in [3.8, 4) is 0 Å². The van der Waals surface area contributed by atoms with Gasteiger partial charge in [0.05, 0.1) is 18.1 Å². The molecule has 0 saturated heterocycles. The molecule has 2 N–H and O–H groups in total. The highest BCUT2D eigenvalue weighted by Crippen LogP contribution is 2.37. The molecule has 1 aromatic carbocycles. The van der Waals surface area contributed by atoms with Gasteiger partial charge in [0.25, 0.3) is 0 Å². The van der Waals surface area contributed by atoms with Gasteiger partial charge >= 0.3 is 0 Å². The van der Waals surface area contributed by atoms with Gasteiger partial charge in [-0.1, -0.05) is 34.1 Å². The molecule has 112 valence electrons. The van der Waals surface area contributed by atoms with E-state index in [-0.39, 0.29) is 6.04 Å². The summed E-state index contributed by atoms with van der Waals surface area (Å²) < 4.78 is 3.44. The lowest BCUT2D eigenvalue weighted by atomic mass is 10.1. The van der Waals surface area contributed by atoms with Gasteiger partial charge in [0.2, 0.25) is 0 Å². The van der Waals surface area contributed by atoms with Crippen LogP contribution in [0.15, 0.2) is 41.3 Å². The Morgan fingerprint density at radius 3 is 2.86 bits per heavy atom. The van der Waals surface area contributed by atoms with Gasteiger partial charge in [0.1, 0.15) is 0 Å². The van der Waals surface area contributed by atoms with Gasteiger partial charge in [-0.25, -0.2) is 4.98 Å². The standard InChI is InChI=1S/C16H21BrN4/c1-20(10-12-4-2-3-5-14(12)17)15(8-18)16-9-19-11-21(16)13-6-7-13/h2-5,9,11,13,15H,6-8,10,18H2,1H3. The van der Waals surface area contributed by atoms with Crippen LogP contribution in [-0.4, -0.2) is 28.0 Å². The zero-order valence-electron chi connectivity index (χ0n) is 12.2. The first-order valence-corrected chi connectivity index (χ1v) is 8.15. The van der Waals surface area contributed by atoms with E-state index < -0.39 is 0 Å². The van der Waals surface area contributed by atoms with E-state index >= 15 is 0 Å². The summed E-state index contributed by atoms with van der Waals surface area (Å²) in [6.07, 6.45) is 6.43. The fourth-order valence-corrected chi connectivity index (χ4v) is 3.17. The highest BCUT2D eigenvalue weighted by molar-refractivity contribution is 9.10. The first-order chi connectivity index (χ1) is 10.2. The second-order valence-electron chi connectivity index (χ2n) is 5.71. The highest BCUT2D eigenvalue weighted by atomic mass is 79.9. The number of halogens is 1. The zero-order chi connectivity index (χ0) is 14.8. The molecule has 3 rings (SSSR count). The first-order valence-electron chi connectivity index (χ1n) is 7.36. The van der Waals surface area contributed by atoms with E-state index in [0.717, 1.165) is 11.0 Å². The van der Waals surface area contributed by atoms with E-state index in [1.54, 1.807) is 0 Å². The van der Waals surface area contributed by atoms with Crippen LogP contribution in [0.2, 0.25) is 0 Å². The molecular weight excluding hydrogens is 328 g/mol. The van der Waals surface area contributed by atoms with Crippen LogP contribution in [0, 0.1) is 0 Å². The van der Waals surface area contributed by atoms with Gasteiger partial charge in [0.15, 0.2) is 0 Å². The van der Waals surface area contributed by atoms with Crippen molar-refractivity contribution >= 4 is 15.9 Å². The number of hydrogen-bond donors (Lipinski definition) is 1. The molecule has 0 spiro atoms. The van der Waals surface area contributed by atoms with Gasteiger partial charge in [-0.2, -0.15) is 0 Å². The molecule has 5 heteroatoms. The quantitative estimate of drug-likeness (QED) is 0.872. The van der Waals surface area contributed by atoms with Crippen molar-refractivity contribution in [3.63, 3.8) is 0 Å². The number of nitrogens with two attached hydrogens (primary N) is 1. The molecule has 1 atom stereocenters. The molecule has 1 fully saturated rings. The average molecular weight is 349 g/mol. The Kier molecular flexibility index (Phi) is 4.42. The maximum atomic E-state index is 6.05. The summed E-state index contributed by atoms with van der Waals surface area (Å²) in [5, 5.41) is 0. The summed E-state index contributed by atoms with van der Waals surface area (Å²) >= 11 is 3.62. The number of likely N-dealkylation sites (N-methyl/N-ethyl adjacent to an activating group) is 1. The predicted molar refractivity (Wildman–Crippen MR) is 87.9 cm³/mol.